The highest BCUT2D eigenvalue weighted by atomic mass is 31.1. The summed E-state index contributed by atoms with van der Waals surface area (Å²) in [5, 5.41) is 6.67. The Morgan fingerprint density at radius 3 is 1.57 bits per heavy atom. The molecule has 8 rings (SSSR count). The molecule has 0 bridgehead atoms. The maximum absolute atomic E-state index is 2.74. The minimum atomic E-state index is -0.858. The lowest BCUT2D eigenvalue weighted by molar-refractivity contribution is 0.617. The van der Waals surface area contributed by atoms with Crippen LogP contribution in [0.3, 0.4) is 0 Å². The van der Waals surface area contributed by atoms with E-state index in [0.29, 0.717) is 5.92 Å². The van der Waals surface area contributed by atoms with E-state index in [-0.39, 0.29) is 12.1 Å². The van der Waals surface area contributed by atoms with E-state index >= 15 is 0 Å². The fourth-order valence-corrected chi connectivity index (χ4v) is 10.2. The van der Waals surface area contributed by atoms with Gasteiger partial charge in [-0.2, -0.15) is 0 Å². The molecule has 1 heterocycles. The molecule has 0 saturated carbocycles. The van der Waals surface area contributed by atoms with Crippen LogP contribution in [0.5, 0.6) is 0 Å². The first-order valence-electron chi connectivity index (χ1n) is 17.3. The topological polar surface area (TPSA) is 6.48 Å². The highest BCUT2D eigenvalue weighted by Gasteiger charge is 2.44. The van der Waals surface area contributed by atoms with E-state index in [9.17, 15) is 0 Å². The first-order chi connectivity index (χ1) is 24.2. The van der Waals surface area contributed by atoms with Crippen LogP contribution in [0, 0.1) is 0 Å². The van der Waals surface area contributed by atoms with Crippen molar-refractivity contribution in [2.45, 2.75) is 31.8 Å². The van der Waals surface area contributed by atoms with Crippen LogP contribution in [-0.2, 0) is 0 Å². The average Bonchev–Trinajstić information content (AvgIpc) is 3.56. The molecule has 7 aromatic carbocycles. The second kappa shape index (κ2) is 13.7. The van der Waals surface area contributed by atoms with Crippen LogP contribution < -0.4 is 25.7 Å². The Balaban J connectivity index is 1.43. The van der Waals surface area contributed by atoms with Gasteiger partial charge in [-0.1, -0.05) is 190 Å². The smallest absolute Gasteiger partial charge is 0.0917 e. The number of fused-ring (bicyclic) bond motifs is 1. The molecule has 2 atom stereocenters. The summed E-state index contributed by atoms with van der Waals surface area (Å²) in [5.41, 5.74) is 6.67. The quantitative estimate of drug-likeness (QED) is 0.151. The molecule has 1 aliphatic rings. The summed E-state index contributed by atoms with van der Waals surface area (Å²) in [6.45, 7) is 5.39. The summed E-state index contributed by atoms with van der Waals surface area (Å²) >= 11 is 0. The predicted molar refractivity (Wildman–Crippen MR) is 211 cm³/mol. The Bertz CT molecular complexity index is 2110. The molecule has 0 aromatic heterocycles. The number of nitrogens with zero attached hydrogens (tertiary/aromatic N) is 2. The van der Waals surface area contributed by atoms with Crippen molar-refractivity contribution in [1.82, 2.24) is 0 Å². The second-order valence-electron chi connectivity index (χ2n) is 13.2. The van der Waals surface area contributed by atoms with E-state index in [4.69, 9.17) is 0 Å². The molecule has 240 valence electrons. The van der Waals surface area contributed by atoms with E-state index in [2.05, 4.69) is 206 Å². The van der Waals surface area contributed by atoms with Gasteiger partial charge in [-0.15, -0.1) is 0 Å². The molecule has 0 radical (unpaired) electrons. The molecule has 0 unspecified atom stereocenters. The van der Waals surface area contributed by atoms with Crippen molar-refractivity contribution < 1.29 is 0 Å². The zero-order chi connectivity index (χ0) is 33.2. The van der Waals surface area contributed by atoms with Crippen molar-refractivity contribution in [2.75, 3.05) is 16.5 Å². The number of hydrogen-bond donors (Lipinski definition) is 0. The van der Waals surface area contributed by atoms with E-state index in [1.807, 2.05) is 0 Å². The third-order valence-corrected chi connectivity index (χ3v) is 12.3. The van der Waals surface area contributed by atoms with Crippen molar-refractivity contribution in [2.24, 2.45) is 0 Å². The lowest BCUT2D eigenvalue weighted by Crippen LogP contribution is -2.32. The maximum atomic E-state index is 2.74. The van der Waals surface area contributed by atoms with Crippen molar-refractivity contribution in [3.8, 4) is 0 Å². The molecule has 1 saturated heterocycles. The first-order valence-corrected chi connectivity index (χ1v) is 18.7. The van der Waals surface area contributed by atoms with Gasteiger partial charge < -0.3 is 9.80 Å². The fraction of sp³-hybridized carbons (Fsp3) is 0.130. The summed E-state index contributed by atoms with van der Waals surface area (Å²) in [4.78, 5) is 5.42. The number of hydrogen-bond acceptors (Lipinski definition) is 2. The molecule has 0 aliphatic carbocycles. The molecular formula is C46H41N2P. The fourth-order valence-electron chi connectivity index (χ4n) is 7.69. The average molecular weight is 653 g/mol. The van der Waals surface area contributed by atoms with Crippen molar-refractivity contribution in [3.05, 3.63) is 199 Å². The van der Waals surface area contributed by atoms with E-state index in [0.717, 1.165) is 6.67 Å². The summed E-state index contributed by atoms with van der Waals surface area (Å²) in [7, 11) is -0.858. The second-order valence-corrected chi connectivity index (χ2v) is 15.4. The third kappa shape index (κ3) is 5.92. The summed E-state index contributed by atoms with van der Waals surface area (Å²) in [6, 6.07) is 67.6. The molecule has 3 heteroatoms. The van der Waals surface area contributed by atoms with Crippen LogP contribution in [0.2, 0.25) is 0 Å². The van der Waals surface area contributed by atoms with E-state index in [1.54, 1.807) is 0 Å². The van der Waals surface area contributed by atoms with Gasteiger partial charge in [-0.05, 0) is 52.6 Å². The normalized spacial score (nSPS) is 16.2. The highest BCUT2D eigenvalue weighted by Crippen LogP contribution is 2.52. The van der Waals surface area contributed by atoms with E-state index < -0.39 is 7.92 Å². The molecule has 1 aliphatic heterocycles. The van der Waals surface area contributed by atoms with Gasteiger partial charge in [-0.3, -0.25) is 0 Å². The zero-order valence-electron chi connectivity index (χ0n) is 28.1. The molecule has 0 spiro atoms. The van der Waals surface area contributed by atoms with Gasteiger partial charge in [0.1, 0.15) is 0 Å². The highest BCUT2D eigenvalue weighted by molar-refractivity contribution is 7.80. The minimum Gasteiger partial charge on any atom is -0.344 e. The SMILES string of the molecule is CC(C)c1ccccc1N1CN(c2c(P(c3ccccc3)c3ccccc3)ccc3ccccc23)[C@@H](c2ccccc2)[C@@H]1c1ccccc1. The van der Waals surface area contributed by atoms with Crippen LogP contribution in [0.1, 0.15) is 48.5 Å². The van der Waals surface area contributed by atoms with Crippen LogP contribution in [0.15, 0.2) is 182 Å². The molecule has 2 nitrogen and oxygen atoms in total. The lowest BCUT2D eigenvalue weighted by atomic mass is 9.91. The van der Waals surface area contributed by atoms with Crippen LogP contribution in [-0.4, -0.2) is 6.67 Å². The first kappa shape index (κ1) is 31.1. The molecule has 49 heavy (non-hydrogen) atoms. The molecule has 0 N–H and O–H groups in total. The molecular weight excluding hydrogens is 611 g/mol. The van der Waals surface area contributed by atoms with Gasteiger partial charge >= 0.3 is 0 Å². The van der Waals surface area contributed by atoms with Crippen LogP contribution >= 0.6 is 7.92 Å². The predicted octanol–water partition coefficient (Wildman–Crippen LogP) is 10.5. The van der Waals surface area contributed by atoms with Gasteiger partial charge in [0, 0.05) is 16.4 Å². The summed E-state index contributed by atoms with van der Waals surface area (Å²) < 4.78 is 0. The Morgan fingerprint density at radius 1 is 0.490 bits per heavy atom. The largest absolute Gasteiger partial charge is 0.344 e. The maximum Gasteiger partial charge on any atom is 0.0917 e. The van der Waals surface area contributed by atoms with Gasteiger partial charge in [-0.25, -0.2) is 0 Å². The Kier molecular flexibility index (Phi) is 8.73. The lowest BCUT2D eigenvalue weighted by Gasteiger charge is -2.34. The molecule has 7 aromatic rings. The Labute approximate surface area is 292 Å². The summed E-state index contributed by atoms with van der Waals surface area (Å²) in [6.07, 6.45) is 0. The zero-order valence-corrected chi connectivity index (χ0v) is 29.0. The number of rotatable bonds is 8. The van der Waals surface area contributed by atoms with Gasteiger partial charge in [0.15, 0.2) is 0 Å². The molecule has 0 amide bonds. The minimum absolute atomic E-state index is 0.0665. The monoisotopic (exact) mass is 652 g/mol. The van der Waals surface area contributed by atoms with Gasteiger partial charge in [0.25, 0.3) is 0 Å². The van der Waals surface area contributed by atoms with Crippen LogP contribution in [0.4, 0.5) is 11.4 Å². The van der Waals surface area contributed by atoms with Gasteiger partial charge in [0.05, 0.1) is 24.4 Å². The van der Waals surface area contributed by atoms with Crippen molar-refractivity contribution >= 4 is 46.0 Å². The van der Waals surface area contributed by atoms with Gasteiger partial charge in [0.2, 0.25) is 0 Å². The standard InChI is InChI=1S/C46H41N2P/c1-34(2)40-28-17-18-30-42(40)47-33-48(45(37-22-9-4-10-23-37)44(47)36-20-7-3-8-21-36)46-41-29-16-15-19-35(41)31-32-43(46)49(38-24-11-5-12-25-38)39-26-13-6-14-27-39/h3-32,34,44-45H,33H2,1-2H3/t44-,45-/m0/s1. The number of benzene rings is 7. The number of anilines is 2. The molecule has 1 fully saturated rings. The Hall–Kier alpha value is -5.17. The van der Waals surface area contributed by atoms with Crippen LogP contribution in [0.25, 0.3) is 10.8 Å². The number of para-hydroxylation sites is 1. The van der Waals surface area contributed by atoms with Crippen molar-refractivity contribution in [3.63, 3.8) is 0 Å². The van der Waals surface area contributed by atoms with Crippen molar-refractivity contribution in [1.29, 1.82) is 0 Å². The van der Waals surface area contributed by atoms with E-state index in [1.165, 1.54) is 54.8 Å². The Morgan fingerprint density at radius 2 is 0.980 bits per heavy atom. The third-order valence-electron chi connectivity index (χ3n) is 9.86. The summed E-state index contributed by atoms with van der Waals surface area (Å²) in [5.74, 6) is 0.397.